The number of halogens is 2. The van der Waals surface area contributed by atoms with Crippen molar-refractivity contribution in [1.82, 2.24) is 0 Å². The predicted octanol–water partition coefficient (Wildman–Crippen LogP) is 4.09. The fourth-order valence-electron chi connectivity index (χ4n) is 2.42. The standard InChI is InChI=1S/C16H14ClFN2O/c17-15-12(4-1-5-13(15)18)16(21)20-11-7-6-10-3-2-8-19-14(10)9-11/h1,4-7,9,19H,2-3,8H2,(H,20,21). The molecule has 5 heteroatoms. The van der Waals surface area contributed by atoms with Crippen LogP contribution >= 0.6 is 11.6 Å². The minimum Gasteiger partial charge on any atom is -0.385 e. The Morgan fingerprint density at radius 3 is 3.00 bits per heavy atom. The Labute approximate surface area is 127 Å². The summed E-state index contributed by atoms with van der Waals surface area (Å²) in [5.74, 6) is -1.02. The van der Waals surface area contributed by atoms with Gasteiger partial charge in [0.2, 0.25) is 0 Å². The molecule has 0 atom stereocenters. The van der Waals surface area contributed by atoms with Gasteiger partial charge in [0.05, 0.1) is 10.6 Å². The molecule has 2 aromatic carbocycles. The lowest BCUT2D eigenvalue weighted by molar-refractivity contribution is 0.102. The molecule has 1 aliphatic heterocycles. The SMILES string of the molecule is O=C(Nc1ccc2c(c1)NCCC2)c1cccc(F)c1Cl. The van der Waals surface area contributed by atoms with E-state index in [0.717, 1.165) is 25.1 Å². The van der Waals surface area contributed by atoms with E-state index in [1.807, 2.05) is 18.2 Å². The molecule has 0 saturated heterocycles. The molecule has 0 radical (unpaired) electrons. The minimum absolute atomic E-state index is 0.127. The van der Waals surface area contributed by atoms with Gasteiger partial charge in [-0.25, -0.2) is 4.39 Å². The van der Waals surface area contributed by atoms with Crippen molar-refractivity contribution in [2.75, 3.05) is 17.2 Å². The Balaban J connectivity index is 1.83. The fourth-order valence-corrected chi connectivity index (χ4v) is 2.63. The number of carbonyl (C=O) groups is 1. The van der Waals surface area contributed by atoms with Gasteiger partial charge in [-0.2, -0.15) is 0 Å². The van der Waals surface area contributed by atoms with Crippen LogP contribution in [0.4, 0.5) is 15.8 Å². The van der Waals surface area contributed by atoms with Gasteiger partial charge in [0, 0.05) is 17.9 Å². The highest BCUT2D eigenvalue weighted by Crippen LogP contribution is 2.26. The molecule has 2 N–H and O–H groups in total. The summed E-state index contributed by atoms with van der Waals surface area (Å²) in [5, 5.41) is 5.88. The highest BCUT2D eigenvalue weighted by atomic mass is 35.5. The molecule has 2 aromatic rings. The van der Waals surface area contributed by atoms with E-state index >= 15 is 0 Å². The Bertz CT molecular complexity index is 703. The number of benzene rings is 2. The zero-order valence-corrected chi connectivity index (χ0v) is 12.0. The van der Waals surface area contributed by atoms with E-state index < -0.39 is 11.7 Å². The van der Waals surface area contributed by atoms with Gasteiger partial charge >= 0.3 is 0 Å². The van der Waals surface area contributed by atoms with E-state index in [1.165, 1.54) is 23.8 Å². The number of amides is 1. The lowest BCUT2D eigenvalue weighted by Gasteiger charge is -2.19. The molecule has 0 spiro atoms. The number of anilines is 2. The third kappa shape index (κ3) is 2.85. The van der Waals surface area contributed by atoms with Crippen molar-refractivity contribution in [3.8, 4) is 0 Å². The summed E-state index contributed by atoms with van der Waals surface area (Å²) in [7, 11) is 0. The summed E-state index contributed by atoms with van der Waals surface area (Å²) >= 11 is 5.82. The minimum atomic E-state index is -0.601. The zero-order valence-electron chi connectivity index (χ0n) is 11.2. The average Bonchev–Trinajstić information content (AvgIpc) is 2.50. The van der Waals surface area contributed by atoms with Crippen molar-refractivity contribution in [2.24, 2.45) is 0 Å². The second-order valence-electron chi connectivity index (χ2n) is 4.96. The van der Waals surface area contributed by atoms with Crippen LogP contribution in [0.5, 0.6) is 0 Å². The number of aryl methyl sites for hydroxylation is 1. The van der Waals surface area contributed by atoms with Gasteiger partial charge in [0.15, 0.2) is 0 Å². The predicted molar refractivity (Wildman–Crippen MR) is 82.6 cm³/mol. The molecule has 21 heavy (non-hydrogen) atoms. The smallest absolute Gasteiger partial charge is 0.257 e. The van der Waals surface area contributed by atoms with Crippen molar-refractivity contribution in [1.29, 1.82) is 0 Å². The highest BCUT2D eigenvalue weighted by molar-refractivity contribution is 6.34. The maximum Gasteiger partial charge on any atom is 0.257 e. The van der Waals surface area contributed by atoms with Crippen LogP contribution in [-0.4, -0.2) is 12.5 Å². The van der Waals surface area contributed by atoms with E-state index in [-0.39, 0.29) is 10.6 Å². The second-order valence-corrected chi connectivity index (χ2v) is 5.34. The molecule has 0 fully saturated rings. The first kappa shape index (κ1) is 13.9. The molecule has 0 aliphatic carbocycles. The van der Waals surface area contributed by atoms with E-state index in [4.69, 9.17) is 11.6 Å². The summed E-state index contributed by atoms with van der Waals surface area (Å²) in [4.78, 5) is 12.2. The van der Waals surface area contributed by atoms with E-state index in [1.54, 1.807) is 0 Å². The molecule has 0 unspecified atom stereocenters. The lowest BCUT2D eigenvalue weighted by Crippen LogP contribution is -2.15. The molecule has 1 aliphatic rings. The Morgan fingerprint density at radius 1 is 1.29 bits per heavy atom. The lowest BCUT2D eigenvalue weighted by atomic mass is 10.0. The maximum atomic E-state index is 13.4. The van der Waals surface area contributed by atoms with Crippen molar-refractivity contribution in [3.05, 3.63) is 58.4 Å². The molecular formula is C16H14ClFN2O. The number of carbonyl (C=O) groups excluding carboxylic acids is 1. The molecule has 3 rings (SSSR count). The van der Waals surface area contributed by atoms with Gasteiger partial charge in [-0.3, -0.25) is 4.79 Å². The number of hydrogen-bond donors (Lipinski definition) is 2. The quantitative estimate of drug-likeness (QED) is 0.877. The van der Waals surface area contributed by atoms with Crippen molar-refractivity contribution in [3.63, 3.8) is 0 Å². The molecule has 0 bridgehead atoms. The van der Waals surface area contributed by atoms with Crippen LogP contribution in [0.3, 0.4) is 0 Å². The van der Waals surface area contributed by atoms with Gasteiger partial charge < -0.3 is 10.6 Å². The van der Waals surface area contributed by atoms with E-state index in [2.05, 4.69) is 10.6 Å². The molecule has 1 amide bonds. The summed E-state index contributed by atoms with van der Waals surface area (Å²) in [6, 6.07) is 9.91. The molecular weight excluding hydrogens is 291 g/mol. The summed E-state index contributed by atoms with van der Waals surface area (Å²) in [6.45, 7) is 0.931. The van der Waals surface area contributed by atoms with Gasteiger partial charge in [-0.1, -0.05) is 23.7 Å². The van der Waals surface area contributed by atoms with Gasteiger partial charge in [-0.15, -0.1) is 0 Å². The maximum absolute atomic E-state index is 13.4. The monoisotopic (exact) mass is 304 g/mol. The molecule has 0 aromatic heterocycles. The van der Waals surface area contributed by atoms with Crippen LogP contribution in [0.15, 0.2) is 36.4 Å². The van der Waals surface area contributed by atoms with Crippen LogP contribution in [0.25, 0.3) is 0 Å². The van der Waals surface area contributed by atoms with Gasteiger partial charge in [-0.05, 0) is 42.7 Å². The van der Waals surface area contributed by atoms with E-state index in [0.29, 0.717) is 5.69 Å². The first-order chi connectivity index (χ1) is 10.1. The average molecular weight is 305 g/mol. The number of rotatable bonds is 2. The Hall–Kier alpha value is -2.07. The van der Waals surface area contributed by atoms with Crippen LogP contribution in [-0.2, 0) is 6.42 Å². The van der Waals surface area contributed by atoms with E-state index in [9.17, 15) is 9.18 Å². The van der Waals surface area contributed by atoms with Crippen molar-refractivity contribution < 1.29 is 9.18 Å². The highest BCUT2D eigenvalue weighted by Gasteiger charge is 2.15. The van der Waals surface area contributed by atoms with Gasteiger partial charge in [0.25, 0.3) is 5.91 Å². The summed E-state index contributed by atoms with van der Waals surface area (Å²) in [6.07, 6.45) is 2.14. The zero-order chi connectivity index (χ0) is 14.8. The summed E-state index contributed by atoms with van der Waals surface area (Å²) in [5.41, 5.74) is 3.06. The van der Waals surface area contributed by atoms with Crippen molar-refractivity contribution >= 4 is 28.9 Å². The molecule has 108 valence electrons. The van der Waals surface area contributed by atoms with Crippen LogP contribution in [0, 0.1) is 5.82 Å². The molecule has 1 heterocycles. The first-order valence-electron chi connectivity index (χ1n) is 6.77. The van der Waals surface area contributed by atoms with Crippen LogP contribution in [0.1, 0.15) is 22.3 Å². The largest absolute Gasteiger partial charge is 0.385 e. The van der Waals surface area contributed by atoms with Crippen LogP contribution in [0.2, 0.25) is 5.02 Å². The number of fused-ring (bicyclic) bond motifs is 1. The van der Waals surface area contributed by atoms with Crippen molar-refractivity contribution in [2.45, 2.75) is 12.8 Å². The van der Waals surface area contributed by atoms with Gasteiger partial charge in [0.1, 0.15) is 5.82 Å². The first-order valence-corrected chi connectivity index (χ1v) is 7.15. The third-order valence-corrected chi connectivity index (χ3v) is 3.89. The second kappa shape index (κ2) is 5.74. The third-order valence-electron chi connectivity index (χ3n) is 3.50. The fraction of sp³-hybridized carbons (Fsp3) is 0.188. The number of nitrogens with one attached hydrogen (secondary N) is 2. The normalized spacial score (nSPS) is 13.2. The molecule has 3 nitrogen and oxygen atoms in total. The number of hydrogen-bond acceptors (Lipinski definition) is 2. The summed E-state index contributed by atoms with van der Waals surface area (Å²) < 4.78 is 13.4. The Morgan fingerprint density at radius 2 is 2.14 bits per heavy atom. The van der Waals surface area contributed by atoms with Crippen LogP contribution < -0.4 is 10.6 Å². The Kier molecular flexibility index (Phi) is 3.80. The molecule has 0 saturated carbocycles. The topological polar surface area (TPSA) is 41.1 Å².